The minimum Gasteiger partial charge on any atom is -0.481 e. The van der Waals surface area contributed by atoms with Gasteiger partial charge in [-0.25, -0.2) is 0 Å². The molecular formula is C14H27NO2. The lowest BCUT2D eigenvalue weighted by Crippen LogP contribution is -1.96. The first kappa shape index (κ1) is 16.2. The fraction of sp³-hybridized carbons (Fsp3) is 0.786. The van der Waals surface area contributed by atoms with Gasteiger partial charge in [-0.1, -0.05) is 31.4 Å². The van der Waals surface area contributed by atoms with E-state index in [2.05, 4.69) is 12.2 Å². The predicted octanol–water partition coefficient (Wildman–Crippen LogP) is 3.49. The van der Waals surface area contributed by atoms with Crippen LogP contribution in [-0.4, -0.2) is 17.6 Å². The molecule has 0 amide bonds. The largest absolute Gasteiger partial charge is 0.481 e. The summed E-state index contributed by atoms with van der Waals surface area (Å²) in [5.74, 6) is -0.676. The van der Waals surface area contributed by atoms with E-state index in [9.17, 15) is 4.79 Å². The SMILES string of the molecule is NCCCC/C=C\CCCCCCCC(=O)O. The van der Waals surface area contributed by atoms with Crippen LogP contribution in [0.2, 0.25) is 0 Å². The van der Waals surface area contributed by atoms with E-state index in [-0.39, 0.29) is 0 Å². The van der Waals surface area contributed by atoms with Crippen molar-refractivity contribution in [3.63, 3.8) is 0 Å². The van der Waals surface area contributed by atoms with Crippen molar-refractivity contribution in [1.29, 1.82) is 0 Å². The Balaban J connectivity index is 3.05. The van der Waals surface area contributed by atoms with Crippen LogP contribution in [-0.2, 0) is 4.79 Å². The highest BCUT2D eigenvalue weighted by Gasteiger charge is 1.95. The topological polar surface area (TPSA) is 63.3 Å². The average molecular weight is 241 g/mol. The van der Waals surface area contributed by atoms with Crippen molar-refractivity contribution in [3.05, 3.63) is 12.2 Å². The van der Waals surface area contributed by atoms with Gasteiger partial charge in [0, 0.05) is 6.42 Å². The van der Waals surface area contributed by atoms with Crippen molar-refractivity contribution in [3.8, 4) is 0 Å². The third-order valence-corrected chi connectivity index (χ3v) is 2.75. The van der Waals surface area contributed by atoms with Gasteiger partial charge in [-0.2, -0.15) is 0 Å². The highest BCUT2D eigenvalue weighted by atomic mass is 16.4. The standard InChI is InChI=1S/C14H27NO2/c15-13-11-9-7-5-3-1-2-4-6-8-10-12-14(16)17/h3,5H,1-2,4,6-13,15H2,(H,16,17)/b5-3-. The molecule has 3 nitrogen and oxygen atoms in total. The number of allylic oxidation sites excluding steroid dienone is 2. The summed E-state index contributed by atoms with van der Waals surface area (Å²) in [5, 5.41) is 8.46. The fourth-order valence-corrected chi connectivity index (χ4v) is 1.71. The number of hydrogen-bond acceptors (Lipinski definition) is 2. The van der Waals surface area contributed by atoms with Crippen molar-refractivity contribution in [2.45, 2.75) is 64.2 Å². The third-order valence-electron chi connectivity index (χ3n) is 2.75. The van der Waals surface area contributed by atoms with Crippen LogP contribution in [0.15, 0.2) is 12.2 Å². The molecular weight excluding hydrogens is 214 g/mol. The molecule has 0 heterocycles. The Kier molecular flexibility index (Phi) is 12.6. The third kappa shape index (κ3) is 15.2. The van der Waals surface area contributed by atoms with Crippen LogP contribution >= 0.6 is 0 Å². The lowest BCUT2D eigenvalue weighted by Gasteiger charge is -1.98. The predicted molar refractivity (Wildman–Crippen MR) is 72.0 cm³/mol. The lowest BCUT2D eigenvalue weighted by molar-refractivity contribution is -0.137. The molecule has 0 saturated heterocycles. The van der Waals surface area contributed by atoms with Crippen LogP contribution in [0.25, 0.3) is 0 Å². The minimum absolute atomic E-state index is 0.320. The Bertz CT molecular complexity index is 202. The Labute approximate surface area is 105 Å². The Morgan fingerprint density at radius 1 is 0.882 bits per heavy atom. The molecule has 0 aromatic heterocycles. The summed E-state index contributed by atoms with van der Waals surface area (Å²) in [6.07, 6.45) is 14.9. The van der Waals surface area contributed by atoms with Crippen LogP contribution in [0.5, 0.6) is 0 Å². The Hall–Kier alpha value is -0.830. The lowest BCUT2D eigenvalue weighted by atomic mass is 10.1. The summed E-state index contributed by atoms with van der Waals surface area (Å²) in [4.78, 5) is 10.3. The smallest absolute Gasteiger partial charge is 0.303 e. The first-order chi connectivity index (χ1) is 8.27. The zero-order valence-electron chi connectivity index (χ0n) is 10.9. The number of rotatable bonds is 12. The molecule has 0 aliphatic heterocycles. The zero-order chi connectivity index (χ0) is 12.8. The molecule has 3 heteroatoms. The summed E-state index contributed by atoms with van der Waals surface area (Å²) in [6.45, 7) is 0.796. The van der Waals surface area contributed by atoms with Crippen LogP contribution in [0.1, 0.15) is 64.2 Å². The van der Waals surface area contributed by atoms with Gasteiger partial charge in [-0.3, -0.25) is 4.79 Å². The number of carboxylic acid groups (broad SMARTS) is 1. The van der Waals surface area contributed by atoms with E-state index in [1.807, 2.05) is 0 Å². The maximum Gasteiger partial charge on any atom is 0.303 e. The van der Waals surface area contributed by atoms with Crippen LogP contribution < -0.4 is 5.73 Å². The van der Waals surface area contributed by atoms with Crippen molar-refractivity contribution >= 4 is 5.97 Å². The van der Waals surface area contributed by atoms with Gasteiger partial charge in [0.05, 0.1) is 0 Å². The van der Waals surface area contributed by atoms with E-state index in [0.717, 1.165) is 45.1 Å². The Morgan fingerprint density at radius 3 is 2.00 bits per heavy atom. The molecule has 0 aromatic rings. The normalized spacial score (nSPS) is 11.1. The summed E-state index contributed by atoms with van der Waals surface area (Å²) in [6, 6.07) is 0. The fourth-order valence-electron chi connectivity index (χ4n) is 1.71. The molecule has 0 spiro atoms. The highest BCUT2D eigenvalue weighted by molar-refractivity contribution is 5.66. The van der Waals surface area contributed by atoms with E-state index in [4.69, 9.17) is 10.8 Å². The van der Waals surface area contributed by atoms with Crippen LogP contribution in [0.4, 0.5) is 0 Å². The van der Waals surface area contributed by atoms with Crippen LogP contribution in [0, 0.1) is 0 Å². The van der Waals surface area contributed by atoms with Crippen molar-refractivity contribution in [1.82, 2.24) is 0 Å². The van der Waals surface area contributed by atoms with Crippen molar-refractivity contribution in [2.24, 2.45) is 5.73 Å². The molecule has 0 aliphatic carbocycles. The molecule has 0 rings (SSSR count). The molecule has 0 radical (unpaired) electrons. The number of nitrogens with two attached hydrogens (primary N) is 1. The summed E-state index contributed by atoms with van der Waals surface area (Å²) in [5.41, 5.74) is 5.41. The minimum atomic E-state index is -0.676. The summed E-state index contributed by atoms with van der Waals surface area (Å²) >= 11 is 0. The molecule has 0 atom stereocenters. The molecule has 0 aromatic carbocycles. The van der Waals surface area contributed by atoms with E-state index in [1.165, 1.54) is 19.3 Å². The van der Waals surface area contributed by atoms with Gasteiger partial charge in [-0.05, 0) is 45.1 Å². The summed E-state index contributed by atoms with van der Waals surface area (Å²) in [7, 11) is 0. The second-order valence-electron chi connectivity index (χ2n) is 4.46. The molecule has 0 unspecified atom stereocenters. The number of unbranched alkanes of at least 4 members (excludes halogenated alkanes) is 7. The van der Waals surface area contributed by atoms with Gasteiger partial charge >= 0.3 is 5.97 Å². The molecule has 0 bridgehead atoms. The second-order valence-corrected chi connectivity index (χ2v) is 4.46. The van der Waals surface area contributed by atoms with E-state index in [0.29, 0.717) is 6.42 Å². The van der Waals surface area contributed by atoms with Crippen LogP contribution in [0.3, 0.4) is 0 Å². The first-order valence-electron chi connectivity index (χ1n) is 6.84. The van der Waals surface area contributed by atoms with Gasteiger partial charge in [-0.15, -0.1) is 0 Å². The molecule has 17 heavy (non-hydrogen) atoms. The molecule has 3 N–H and O–H groups in total. The van der Waals surface area contributed by atoms with E-state index >= 15 is 0 Å². The summed E-state index contributed by atoms with van der Waals surface area (Å²) < 4.78 is 0. The average Bonchev–Trinajstić information content (AvgIpc) is 2.30. The number of carbonyl (C=O) groups is 1. The van der Waals surface area contributed by atoms with Crippen molar-refractivity contribution < 1.29 is 9.90 Å². The maximum atomic E-state index is 10.3. The van der Waals surface area contributed by atoms with E-state index < -0.39 is 5.97 Å². The number of carboxylic acids is 1. The molecule has 100 valence electrons. The number of hydrogen-bond donors (Lipinski definition) is 2. The quantitative estimate of drug-likeness (QED) is 0.406. The molecule has 0 fully saturated rings. The maximum absolute atomic E-state index is 10.3. The highest BCUT2D eigenvalue weighted by Crippen LogP contribution is 2.08. The van der Waals surface area contributed by atoms with Gasteiger partial charge in [0.2, 0.25) is 0 Å². The van der Waals surface area contributed by atoms with Gasteiger partial charge in [0.1, 0.15) is 0 Å². The Morgan fingerprint density at radius 2 is 1.41 bits per heavy atom. The second kappa shape index (κ2) is 13.2. The van der Waals surface area contributed by atoms with E-state index in [1.54, 1.807) is 0 Å². The van der Waals surface area contributed by atoms with Gasteiger partial charge in [0.25, 0.3) is 0 Å². The van der Waals surface area contributed by atoms with Gasteiger partial charge in [0.15, 0.2) is 0 Å². The monoisotopic (exact) mass is 241 g/mol. The zero-order valence-corrected chi connectivity index (χ0v) is 10.9. The first-order valence-corrected chi connectivity index (χ1v) is 6.84. The molecule has 0 saturated carbocycles. The molecule has 0 aliphatic rings. The van der Waals surface area contributed by atoms with Gasteiger partial charge < -0.3 is 10.8 Å². The van der Waals surface area contributed by atoms with Crippen molar-refractivity contribution in [2.75, 3.05) is 6.54 Å². The number of aliphatic carboxylic acids is 1.